The van der Waals surface area contributed by atoms with Crippen LogP contribution in [0.2, 0.25) is 0 Å². The summed E-state index contributed by atoms with van der Waals surface area (Å²) in [6.07, 6.45) is 5.09. The van der Waals surface area contributed by atoms with Gasteiger partial charge >= 0.3 is 0 Å². The Morgan fingerprint density at radius 2 is 2.14 bits per heavy atom. The van der Waals surface area contributed by atoms with Crippen LogP contribution in [0.5, 0.6) is 5.75 Å². The van der Waals surface area contributed by atoms with Crippen LogP contribution in [0.3, 0.4) is 0 Å². The van der Waals surface area contributed by atoms with Crippen molar-refractivity contribution >= 4 is 17.3 Å². The third kappa shape index (κ3) is 3.88. The van der Waals surface area contributed by atoms with Crippen molar-refractivity contribution in [2.45, 2.75) is 31.7 Å². The second-order valence-corrected chi connectivity index (χ2v) is 6.11. The van der Waals surface area contributed by atoms with Gasteiger partial charge in [-0.25, -0.2) is 0 Å². The third-order valence-corrected chi connectivity index (χ3v) is 4.10. The van der Waals surface area contributed by atoms with Gasteiger partial charge in [-0.15, -0.1) is 0 Å². The average Bonchev–Trinajstić information content (AvgIpc) is 3.33. The van der Waals surface area contributed by atoms with Gasteiger partial charge < -0.3 is 15.8 Å². The number of rotatable bonds is 7. The van der Waals surface area contributed by atoms with Crippen LogP contribution in [0.15, 0.2) is 18.2 Å². The fourth-order valence-electron chi connectivity index (χ4n) is 2.60. The molecule has 3 rings (SSSR count). The van der Waals surface area contributed by atoms with Crippen LogP contribution >= 0.6 is 0 Å². The van der Waals surface area contributed by atoms with Gasteiger partial charge in [-0.3, -0.25) is 9.69 Å². The molecule has 0 atom stereocenters. The molecule has 0 heterocycles. The first-order valence-electron chi connectivity index (χ1n) is 7.63. The predicted octanol–water partition coefficient (Wildman–Crippen LogP) is 2.09. The van der Waals surface area contributed by atoms with E-state index in [1.165, 1.54) is 25.7 Å². The zero-order valence-electron chi connectivity index (χ0n) is 12.5. The molecule has 0 spiro atoms. The van der Waals surface area contributed by atoms with E-state index in [0.29, 0.717) is 29.7 Å². The van der Waals surface area contributed by atoms with E-state index in [1.54, 1.807) is 25.3 Å². The topological polar surface area (TPSA) is 67.6 Å². The largest absolute Gasteiger partial charge is 0.494 e. The van der Waals surface area contributed by atoms with Gasteiger partial charge in [0.15, 0.2) is 0 Å². The van der Waals surface area contributed by atoms with Crippen LogP contribution in [-0.2, 0) is 4.79 Å². The molecule has 2 saturated carbocycles. The minimum Gasteiger partial charge on any atom is -0.494 e. The Balaban J connectivity index is 1.59. The number of hydrogen-bond donors (Lipinski definition) is 2. The summed E-state index contributed by atoms with van der Waals surface area (Å²) in [5.41, 5.74) is 7.03. The van der Waals surface area contributed by atoms with Crippen molar-refractivity contribution in [1.29, 1.82) is 0 Å². The van der Waals surface area contributed by atoms with E-state index < -0.39 is 0 Å². The first-order valence-corrected chi connectivity index (χ1v) is 7.63. The zero-order valence-corrected chi connectivity index (χ0v) is 12.5. The molecule has 1 amide bonds. The number of nitrogens with two attached hydrogens (primary N) is 1. The fraction of sp³-hybridized carbons (Fsp3) is 0.562. The first kappa shape index (κ1) is 14.2. The summed E-state index contributed by atoms with van der Waals surface area (Å²) in [4.78, 5) is 14.6. The molecule has 1 aromatic rings. The molecule has 0 bridgehead atoms. The summed E-state index contributed by atoms with van der Waals surface area (Å²) in [5.74, 6) is 1.43. The number of anilines is 2. The Labute approximate surface area is 125 Å². The molecule has 21 heavy (non-hydrogen) atoms. The lowest BCUT2D eigenvalue weighted by Gasteiger charge is -2.21. The van der Waals surface area contributed by atoms with Gasteiger partial charge in [0.1, 0.15) is 5.75 Å². The lowest BCUT2D eigenvalue weighted by Crippen LogP contribution is -2.36. The van der Waals surface area contributed by atoms with E-state index in [1.807, 2.05) is 0 Å². The Morgan fingerprint density at radius 1 is 1.38 bits per heavy atom. The molecular weight excluding hydrogens is 266 g/mol. The van der Waals surface area contributed by atoms with Gasteiger partial charge in [-0.05, 0) is 43.7 Å². The maximum Gasteiger partial charge on any atom is 0.238 e. The number of methoxy groups -OCH3 is 1. The smallest absolute Gasteiger partial charge is 0.238 e. The van der Waals surface area contributed by atoms with Crippen LogP contribution in [0, 0.1) is 5.92 Å². The number of amides is 1. The van der Waals surface area contributed by atoms with Gasteiger partial charge in [0, 0.05) is 24.3 Å². The molecule has 0 aliphatic heterocycles. The minimum atomic E-state index is 0.0191. The molecule has 5 heteroatoms. The quantitative estimate of drug-likeness (QED) is 0.754. The van der Waals surface area contributed by atoms with Gasteiger partial charge in [-0.1, -0.05) is 0 Å². The summed E-state index contributed by atoms with van der Waals surface area (Å²) < 4.78 is 5.26. The number of benzene rings is 1. The molecule has 0 saturated heterocycles. The molecular formula is C16H23N3O2. The second kappa shape index (κ2) is 5.93. The fourth-order valence-corrected chi connectivity index (χ4v) is 2.60. The van der Waals surface area contributed by atoms with E-state index in [-0.39, 0.29) is 5.91 Å². The normalized spacial score (nSPS) is 17.8. The summed E-state index contributed by atoms with van der Waals surface area (Å²) in [5, 5.41) is 2.93. The SMILES string of the molecule is COc1cc(N)ccc1NC(=O)CN(CC1CC1)C1CC1. The Hall–Kier alpha value is -1.75. The van der Waals surface area contributed by atoms with E-state index in [4.69, 9.17) is 10.5 Å². The van der Waals surface area contributed by atoms with Gasteiger partial charge in [-0.2, -0.15) is 0 Å². The molecule has 2 fully saturated rings. The van der Waals surface area contributed by atoms with Gasteiger partial charge in [0.25, 0.3) is 0 Å². The maximum atomic E-state index is 12.3. The van der Waals surface area contributed by atoms with Crippen molar-refractivity contribution in [2.24, 2.45) is 5.92 Å². The Kier molecular flexibility index (Phi) is 4.01. The van der Waals surface area contributed by atoms with Crippen molar-refractivity contribution in [3.8, 4) is 5.75 Å². The molecule has 0 aromatic heterocycles. The van der Waals surface area contributed by atoms with Crippen LogP contribution in [-0.4, -0.2) is 37.0 Å². The number of carbonyl (C=O) groups excluding carboxylic acids is 1. The first-order chi connectivity index (χ1) is 10.2. The van der Waals surface area contributed by atoms with Gasteiger partial charge in [0.05, 0.1) is 19.3 Å². The molecule has 1 aromatic carbocycles. The molecule has 3 N–H and O–H groups in total. The highest BCUT2D eigenvalue weighted by molar-refractivity contribution is 5.94. The van der Waals surface area contributed by atoms with Crippen LogP contribution in [0.4, 0.5) is 11.4 Å². The minimum absolute atomic E-state index is 0.0191. The summed E-state index contributed by atoms with van der Waals surface area (Å²) in [6.45, 7) is 1.53. The summed E-state index contributed by atoms with van der Waals surface area (Å²) in [7, 11) is 1.58. The number of ether oxygens (including phenoxy) is 1. The van der Waals surface area contributed by atoms with Crippen molar-refractivity contribution in [3.05, 3.63) is 18.2 Å². The van der Waals surface area contributed by atoms with Crippen LogP contribution < -0.4 is 15.8 Å². The van der Waals surface area contributed by atoms with E-state index >= 15 is 0 Å². The number of nitrogens with zero attached hydrogens (tertiary/aromatic N) is 1. The Bertz CT molecular complexity index is 524. The number of carbonyl (C=O) groups is 1. The maximum absolute atomic E-state index is 12.3. The number of hydrogen-bond acceptors (Lipinski definition) is 4. The highest BCUT2D eigenvalue weighted by Crippen LogP contribution is 2.34. The van der Waals surface area contributed by atoms with Crippen molar-refractivity contribution < 1.29 is 9.53 Å². The lowest BCUT2D eigenvalue weighted by atomic mass is 10.2. The monoisotopic (exact) mass is 289 g/mol. The van der Waals surface area contributed by atoms with Crippen molar-refractivity contribution in [3.63, 3.8) is 0 Å². The molecule has 5 nitrogen and oxygen atoms in total. The number of nitrogens with one attached hydrogen (secondary N) is 1. The van der Waals surface area contributed by atoms with E-state index in [9.17, 15) is 4.79 Å². The molecule has 0 radical (unpaired) electrons. The number of nitrogen functional groups attached to an aromatic ring is 1. The van der Waals surface area contributed by atoms with Crippen LogP contribution in [0.25, 0.3) is 0 Å². The standard InChI is InChI=1S/C16H23N3O2/c1-21-15-8-12(17)4-7-14(15)18-16(20)10-19(13-5-6-13)9-11-2-3-11/h4,7-8,11,13H,2-3,5-6,9-10,17H2,1H3,(H,18,20). The lowest BCUT2D eigenvalue weighted by molar-refractivity contribution is -0.117. The summed E-state index contributed by atoms with van der Waals surface area (Å²) >= 11 is 0. The second-order valence-electron chi connectivity index (χ2n) is 6.11. The summed E-state index contributed by atoms with van der Waals surface area (Å²) in [6, 6.07) is 5.89. The molecule has 0 unspecified atom stereocenters. The third-order valence-electron chi connectivity index (χ3n) is 4.10. The Morgan fingerprint density at radius 3 is 2.76 bits per heavy atom. The molecule has 2 aliphatic carbocycles. The van der Waals surface area contributed by atoms with Crippen molar-refractivity contribution in [2.75, 3.05) is 31.2 Å². The zero-order chi connectivity index (χ0) is 14.8. The van der Waals surface area contributed by atoms with Crippen molar-refractivity contribution in [1.82, 2.24) is 4.90 Å². The van der Waals surface area contributed by atoms with E-state index in [2.05, 4.69) is 10.2 Å². The predicted molar refractivity (Wildman–Crippen MR) is 83.4 cm³/mol. The highest BCUT2D eigenvalue weighted by atomic mass is 16.5. The molecule has 2 aliphatic rings. The van der Waals surface area contributed by atoms with Gasteiger partial charge in [0.2, 0.25) is 5.91 Å². The highest BCUT2D eigenvalue weighted by Gasteiger charge is 2.34. The average molecular weight is 289 g/mol. The molecule has 114 valence electrons. The van der Waals surface area contributed by atoms with E-state index in [0.717, 1.165) is 12.5 Å². The van der Waals surface area contributed by atoms with Crippen LogP contribution in [0.1, 0.15) is 25.7 Å².